The van der Waals surface area contributed by atoms with Gasteiger partial charge in [0, 0.05) is 0 Å². The zero-order valence-electron chi connectivity index (χ0n) is 11.1. The Kier molecular flexibility index (Phi) is 13.7. The van der Waals surface area contributed by atoms with Gasteiger partial charge >= 0.3 is 0 Å². The van der Waals surface area contributed by atoms with Crippen molar-refractivity contribution in [1.82, 2.24) is 0 Å². The maximum Gasteiger partial charge on any atom is -0.0272 e. The first kappa shape index (κ1) is 21.8. The summed E-state index contributed by atoms with van der Waals surface area (Å²) >= 11 is 0. The van der Waals surface area contributed by atoms with Gasteiger partial charge in [0.2, 0.25) is 0 Å². The first-order chi connectivity index (χ1) is 7.23. The van der Waals surface area contributed by atoms with Gasteiger partial charge in [0.05, 0.1) is 0 Å². The summed E-state index contributed by atoms with van der Waals surface area (Å²) in [6.45, 7) is 9.00. The maximum absolute atomic E-state index is 4.00. The van der Waals surface area contributed by atoms with Gasteiger partial charge in [0.15, 0.2) is 0 Å². The van der Waals surface area contributed by atoms with Crippen LogP contribution in [0.3, 0.4) is 0 Å². The summed E-state index contributed by atoms with van der Waals surface area (Å²) < 4.78 is 0. The van der Waals surface area contributed by atoms with Crippen LogP contribution in [0.25, 0.3) is 0 Å². The molecule has 2 aliphatic rings. The van der Waals surface area contributed by atoms with Gasteiger partial charge in [-0.3, -0.25) is 0 Å². The number of hydrogen-bond donors (Lipinski definition) is 0. The minimum Gasteiger partial charge on any atom is -0.124 e. The van der Waals surface area contributed by atoms with E-state index in [4.69, 9.17) is 0 Å². The summed E-state index contributed by atoms with van der Waals surface area (Å²) in [6.07, 6.45) is 17.1. The third-order valence-corrected chi connectivity index (χ3v) is 4.52. The summed E-state index contributed by atoms with van der Waals surface area (Å²) in [4.78, 5) is 0. The van der Waals surface area contributed by atoms with Crippen molar-refractivity contribution >= 4 is 0 Å². The Bertz CT molecular complexity index is 178. The molecule has 0 aromatic heterocycles. The van der Waals surface area contributed by atoms with Crippen molar-refractivity contribution in [3.63, 3.8) is 0 Å². The molecule has 2 aliphatic carbocycles. The molecule has 2 fully saturated rings. The molecule has 0 aromatic carbocycles. The minimum absolute atomic E-state index is 0. The smallest absolute Gasteiger partial charge is 0.0272 e. The van der Waals surface area contributed by atoms with E-state index in [0.29, 0.717) is 0 Å². The second-order valence-electron chi connectivity index (χ2n) is 4.93. The fraction of sp³-hybridized carbons (Fsp3) is 0.882. The topological polar surface area (TPSA) is 0 Å². The molecule has 3 atom stereocenters. The van der Waals surface area contributed by atoms with Crippen molar-refractivity contribution in [1.29, 1.82) is 0 Å². The van der Waals surface area contributed by atoms with Gasteiger partial charge in [-0.1, -0.05) is 55.4 Å². The Morgan fingerprint density at radius 1 is 0.941 bits per heavy atom. The lowest BCUT2D eigenvalue weighted by Gasteiger charge is -2.39. The fourth-order valence-corrected chi connectivity index (χ4v) is 3.33. The lowest BCUT2D eigenvalue weighted by molar-refractivity contribution is 0.109. The van der Waals surface area contributed by atoms with Gasteiger partial charge < -0.3 is 0 Å². The average molecular weight is 240 g/mol. The third-order valence-electron chi connectivity index (χ3n) is 4.52. The molecule has 2 rings (SSSR count). The standard InChI is InChI=1S/C11H20.C2H6.C2H2.2CH4/c1-9-6-7-10-5-3-4-8-11(9,10)2;2*1-2;;/h9-10H,3-8H2,1-2H3;1-2H3;1-2H;2*1H4. The molecule has 0 aliphatic heterocycles. The van der Waals surface area contributed by atoms with Crippen molar-refractivity contribution < 1.29 is 0 Å². The van der Waals surface area contributed by atoms with Crippen molar-refractivity contribution in [3.05, 3.63) is 0 Å². The Morgan fingerprint density at radius 3 is 1.94 bits per heavy atom. The van der Waals surface area contributed by atoms with Crippen molar-refractivity contribution in [2.45, 2.75) is 81.1 Å². The molecule has 0 radical (unpaired) electrons. The van der Waals surface area contributed by atoms with Crippen LogP contribution in [0.5, 0.6) is 0 Å². The summed E-state index contributed by atoms with van der Waals surface area (Å²) in [6, 6.07) is 0. The zero-order valence-corrected chi connectivity index (χ0v) is 11.1. The number of fused-ring (bicyclic) bond motifs is 1. The fourth-order valence-electron chi connectivity index (χ4n) is 3.33. The van der Waals surface area contributed by atoms with Crippen LogP contribution in [-0.4, -0.2) is 0 Å². The Balaban J connectivity index is -0.000000299. The van der Waals surface area contributed by atoms with E-state index in [1.54, 1.807) is 0 Å². The third kappa shape index (κ3) is 4.74. The van der Waals surface area contributed by atoms with E-state index >= 15 is 0 Å². The molecule has 0 aromatic rings. The van der Waals surface area contributed by atoms with Crippen LogP contribution in [0.15, 0.2) is 0 Å². The Hall–Kier alpha value is -0.440. The Morgan fingerprint density at radius 2 is 1.47 bits per heavy atom. The molecule has 0 saturated heterocycles. The van der Waals surface area contributed by atoms with E-state index in [2.05, 4.69) is 26.7 Å². The molecule has 0 heterocycles. The molecular formula is C17H36. The Labute approximate surface area is 112 Å². The predicted octanol–water partition coefficient (Wildman–Crippen LogP) is 6.16. The van der Waals surface area contributed by atoms with Crippen LogP contribution in [0.2, 0.25) is 0 Å². The monoisotopic (exact) mass is 240 g/mol. The lowest BCUT2D eigenvalue weighted by atomic mass is 9.66. The van der Waals surface area contributed by atoms with Gasteiger partial charge in [0.25, 0.3) is 0 Å². The molecule has 2 saturated carbocycles. The van der Waals surface area contributed by atoms with Gasteiger partial charge in [-0.2, -0.15) is 0 Å². The van der Waals surface area contributed by atoms with Crippen molar-refractivity contribution in [2.75, 3.05) is 0 Å². The second-order valence-corrected chi connectivity index (χ2v) is 4.93. The largest absolute Gasteiger partial charge is 0.124 e. The SMILES string of the molecule is C.C.C#C.CC.CC1CCC2CCCCC12C. The highest BCUT2D eigenvalue weighted by Gasteiger charge is 2.44. The molecule has 3 unspecified atom stereocenters. The van der Waals surface area contributed by atoms with Gasteiger partial charge in [-0.05, 0) is 42.9 Å². The molecule has 0 spiro atoms. The molecular weight excluding hydrogens is 204 g/mol. The first-order valence-electron chi connectivity index (χ1n) is 6.57. The number of rotatable bonds is 0. The first-order valence-corrected chi connectivity index (χ1v) is 6.57. The molecule has 0 nitrogen and oxygen atoms in total. The second kappa shape index (κ2) is 10.7. The van der Waals surface area contributed by atoms with Crippen molar-refractivity contribution in [2.24, 2.45) is 17.3 Å². The van der Waals surface area contributed by atoms with Crippen LogP contribution >= 0.6 is 0 Å². The van der Waals surface area contributed by atoms with Crippen LogP contribution in [0.1, 0.15) is 81.1 Å². The van der Waals surface area contributed by atoms with E-state index < -0.39 is 0 Å². The van der Waals surface area contributed by atoms with E-state index in [9.17, 15) is 0 Å². The molecule has 104 valence electrons. The highest BCUT2D eigenvalue weighted by Crippen LogP contribution is 2.54. The molecule has 0 N–H and O–H groups in total. The zero-order chi connectivity index (χ0) is 11.9. The van der Waals surface area contributed by atoms with E-state index in [-0.39, 0.29) is 14.9 Å². The molecule has 17 heavy (non-hydrogen) atoms. The molecule has 0 amide bonds. The van der Waals surface area contributed by atoms with Crippen LogP contribution in [-0.2, 0) is 0 Å². The van der Waals surface area contributed by atoms with Gasteiger partial charge in [-0.25, -0.2) is 0 Å². The quantitative estimate of drug-likeness (QED) is 0.445. The van der Waals surface area contributed by atoms with E-state index in [0.717, 1.165) is 17.3 Å². The van der Waals surface area contributed by atoms with E-state index in [1.807, 2.05) is 13.8 Å². The van der Waals surface area contributed by atoms with Crippen LogP contribution < -0.4 is 0 Å². The average Bonchev–Trinajstić information content (AvgIpc) is 2.61. The maximum atomic E-state index is 4.00. The normalized spacial score (nSPS) is 33.3. The molecule has 0 heteroatoms. The minimum atomic E-state index is 0. The number of hydrogen-bond acceptors (Lipinski definition) is 0. The predicted molar refractivity (Wildman–Crippen MR) is 83.2 cm³/mol. The van der Waals surface area contributed by atoms with Crippen LogP contribution in [0, 0.1) is 30.1 Å². The van der Waals surface area contributed by atoms with Crippen molar-refractivity contribution in [3.8, 4) is 12.8 Å². The summed E-state index contributed by atoms with van der Waals surface area (Å²) in [5.74, 6) is 2.10. The van der Waals surface area contributed by atoms with Gasteiger partial charge in [0.1, 0.15) is 0 Å². The van der Waals surface area contributed by atoms with Gasteiger partial charge in [-0.15, -0.1) is 12.8 Å². The molecule has 0 bridgehead atoms. The summed E-state index contributed by atoms with van der Waals surface area (Å²) in [7, 11) is 0. The summed E-state index contributed by atoms with van der Waals surface area (Å²) in [5, 5.41) is 0. The summed E-state index contributed by atoms with van der Waals surface area (Å²) in [5.41, 5.74) is 0.748. The number of terminal acetylenes is 1. The van der Waals surface area contributed by atoms with Crippen LogP contribution in [0.4, 0.5) is 0 Å². The lowest BCUT2D eigenvalue weighted by Crippen LogP contribution is -2.30. The van der Waals surface area contributed by atoms with E-state index in [1.165, 1.54) is 38.5 Å². The highest BCUT2D eigenvalue weighted by atomic mass is 14.5. The highest BCUT2D eigenvalue weighted by molar-refractivity contribution is 4.95.